The summed E-state index contributed by atoms with van der Waals surface area (Å²) in [5.74, 6) is 0.814. The van der Waals surface area contributed by atoms with Crippen LogP contribution in [0.1, 0.15) is 6.42 Å². The van der Waals surface area contributed by atoms with Gasteiger partial charge in [0.2, 0.25) is 0 Å². The van der Waals surface area contributed by atoms with Gasteiger partial charge in [0.1, 0.15) is 0 Å². The maximum absolute atomic E-state index is 9.42. The molecule has 0 unspecified atom stereocenters. The number of hydrogen-bond acceptors (Lipinski definition) is 2. The Kier molecular flexibility index (Phi) is 5.67. The Morgan fingerprint density at radius 2 is 2.43 bits per heavy atom. The Balaban J connectivity index is 2.56. The summed E-state index contributed by atoms with van der Waals surface area (Å²) in [5.41, 5.74) is 0. The van der Waals surface area contributed by atoms with E-state index in [1.807, 2.05) is 0 Å². The summed E-state index contributed by atoms with van der Waals surface area (Å²) in [5, 5.41) is 2.39. The molecule has 1 amide bonds. The van der Waals surface area contributed by atoms with Crippen molar-refractivity contribution in [1.29, 1.82) is 0 Å². The Bertz CT molecular complexity index is 49.0. The van der Waals surface area contributed by atoms with Gasteiger partial charge in [-0.2, -0.15) is 19.0 Å². The highest BCUT2D eigenvalue weighted by atomic mass is 32.1. The number of thiol groups is 1. The van der Waals surface area contributed by atoms with Crippen molar-refractivity contribution >= 4 is 19.0 Å². The summed E-state index contributed by atoms with van der Waals surface area (Å²) in [6, 6.07) is 0. The summed E-state index contributed by atoms with van der Waals surface area (Å²) >= 11 is 3.92. The SMILES string of the molecule is O=[C-]NCCCS. The van der Waals surface area contributed by atoms with E-state index in [2.05, 4.69) is 17.9 Å². The van der Waals surface area contributed by atoms with Crippen LogP contribution in [-0.4, -0.2) is 18.7 Å². The second-order valence-corrected chi connectivity index (χ2v) is 1.55. The predicted octanol–water partition coefficient (Wildman–Crippen LogP) is -0.0369. The molecular weight excluding hydrogens is 110 g/mol. The lowest BCUT2D eigenvalue weighted by molar-refractivity contribution is 0.542. The molecule has 7 heavy (non-hydrogen) atoms. The second kappa shape index (κ2) is 5.82. The van der Waals surface area contributed by atoms with Gasteiger partial charge in [-0.25, -0.2) is 0 Å². The van der Waals surface area contributed by atoms with Crippen molar-refractivity contribution < 1.29 is 4.79 Å². The third-order valence-corrected chi connectivity index (χ3v) is 0.848. The zero-order valence-electron chi connectivity index (χ0n) is 3.98. The molecule has 0 fully saturated rings. The molecule has 1 N–H and O–H groups in total. The largest absolute Gasteiger partial charge is 0.530 e. The van der Waals surface area contributed by atoms with Crippen LogP contribution in [0.4, 0.5) is 0 Å². The van der Waals surface area contributed by atoms with Gasteiger partial charge in [0, 0.05) is 0 Å². The van der Waals surface area contributed by atoms with Crippen molar-refractivity contribution in [2.45, 2.75) is 6.42 Å². The van der Waals surface area contributed by atoms with Gasteiger partial charge >= 0.3 is 0 Å². The van der Waals surface area contributed by atoms with E-state index in [1.165, 1.54) is 0 Å². The van der Waals surface area contributed by atoms with Gasteiger partial charge in [0.05, 0.1) is 0 Å². The van der Waals surface area contributed by atoms with Crippen LogP contribution in [0.5, 0.6) is 0 Å². The summed E-state index contributed by atoms with van der Waals surface area (Å²) in [4.78, 5) is 9.42. The van der Waals surface area contributed by atoms with E-state index in [0.717, 1.165) is 12.2 Å². The molecule has 0 heterocycles. The van der Waals surface area contributed by atoms with Crippen molar-refractivity contribution in [2.75, 3.05) is 12.3 Å². The normalized spacial score (nSPS) is 8.14. The van der Waals surface area contributed by atoms with E-state index >= 15 is 0 Å². The van der Waals surface area contributed by atoms with Crippen LogP contribution >= 0.6 is 12.6 Å². The van der Waals surface area contributed by atoms with Gasteiger partial charge < -0.3 is 10.1 Å². The molecule has 0 atom stereocenters. The lowest BCUT2D eigenvalue weighted by Gasteiger charge is -2.01. The first-order valence-corrected chi connectivity index (χ1v) is 2.76. The summed E-state index contributed by atoms with van der Waals surface area (Å²) < 4.78 is 0. The highest BCUT2D eigenvalue weighted by Crippen LogP contribution is 1.77. The molecule has 0 aliphatic heterocycles. The van der Waals surface area contributed by atoms with Crippen LogP contribution in [0.2, 0.25) is 0 Å². The zero-order chi connectivity index (χ0) is 5.54. The quantitative estimate of drug-likeness (QED) is 0.231. The topological polar surface area (TPSA) is 29.1 Å². The van der Waals surface area contributed by atoms with Crippen molar-refractivity contribution in [3.63, 3.8) is 0 Å². The first kappa shape index (κ1) is 6.82. The second-order valence-electron chi connectivity index (χ2n) is 1.11. The molecule has 3 heteroatoms. The smallest absolute Gasteiger partial charge is 0.00821 e. The Labute approximate surface area is 48.7 Å². The Hall–Kier alpha value is -0.180. The molecule has 0 aliphatic rings. The Morgan fingerprint density at radius 3 is 2.86 bits per heavy atom. The van der Waals surface area contributed by atoms with Crippen molar-refractivity contribution in [1.82, 2.24) is 5.32 Å². The molecule has 2 nitrogen and oxygen atoms in total. The standard InChI is InChI=1S/C4H8NOS/c6-4-5-2-1-3-7/h7H,1-3H2,(H,5,6)/q-1. The summed E-state index contributed by atoms with van der Waals surface area (Å²) in [6.45, 7) is 0.688. The fourth-order valence-corrected chi connectivity index (χ4v) is 0.377. The van der Waals surface area contributed by atoms with Crippen LogP contribution in [0.25, 0.3) is 0 Å². The maximum Gasteiger partial charge on any atom is -0.00821 e. The molecule has 0 aliphatic carbocycles. The summed E-state index contributed by atoms with van der Waals surface area (Å²) in [7, 11) is 0. The van der Waals surface area contributed by atoms with Crippen LogP contribution in [0.3, 0.4) is 0 Å². The van der Waals surface area contributed by atoms with E-state index in [1.54, 1.807) is 6.41 Å². The van der Waals surface area contributed by atoms with Crippen molar-refractivity contribution in [3.05, 3.63) is 0 Å². The fourth-order valence-electron chi connectivity index (χ4n) is 0.218. The highest BCUT2D eigenvalue weighted by molar-refractivity contribution is 7.80. The third-order valence-electron chi connectivity index (χ3n) is 0.532. The fraction of sp³-hybridized carbons (Fsp3) is 0.750. The third kappa shape index (κ3) is 5.82. The lowest BCUT2D eigenvalue weighted by atomic mass is 10.5. The van der Waals surface area contributed by atoms with Crippen LogP contribution in [0.15, 0.2) is 0 Å². The van der Waals surface area contributed by atoms with E-state index in [4.69, 9.17) is 0 Å². The van der Waals surface area contributed by atoms with Gasteiger partial charge in [0.25, 0.3) is 0 Å². The van der Waals surface area contributed by atoms with E-state index in [-0.39, 0.29) is 0 Å². The van der Waals surface area contributed by atoms with E-state index in [9.17, 15) is 4.79 Å². The van der Waals surface area contributed by atoms with Crippen molar-refractivity contribution in [3.8, 4) is 0 Å². The van der Waals surface area contributed by atoms with Crippen LogP contribution in [-0.2, 0) is 4.79 Å². The maximum atomic E-state index is 9.42. The number of rotatable bonds is 4. The molecule has 0 spiro atoms. The molecule has 0 aromatic heterocycles. The molecule has 0 aromatic rings. The van der Waals surface area contributed by atoms with Gasteiger partial charge in [-0.1, -0.05) is 0 Å². The van der Waals surface area contributed by atoms with Crippen LogP contribution in [0, 0.1) is 0 Å². The molecule has 0 bridgehead atoms. The minimum Gasteiger partial charge on any atom is -0.530 e. The number of nitrogens with one attached hydrogen (secondary N) is 1. The van der Waals surface area contributed by atoms with Gasteiger partial charge in [0.15, 0.2) is 0 Å². The molecule has 0 rings (SSSR count). The van der Waals surface area contributed by atoms with E-state index in [0.29, 0.717) is 6.54 Å². The number of hydrogen-bond donors (Lipinski definition) is 2. The highest BCUT2D eigenvalue weighted by Gasteiger charge is 1.71. The van der Waals surface area contributed by atoms with Gasteiger partial charge in [-0.05, 0) is 18.7 Å². The predicted molar refractivity (Wildman–Crippen MR) is 32.2 cm³/mol. The number of amides is 1. The van der Waals surface area contributed by atoms with Gasteiger partial charge in [-0.15, -0.1) is 0 Å². The average Bonchev–Trinajstić information content (AvgIpc) is 1.69. The first-order valence-electron chi connectivity index (χ1n) is 2.12. The Morgan fingerprint density at radius 1 is 1.71 bits per heavy atom. The minimum absolute atomic E-state index is 0.688. The molecule has 0 radical (unpaired) electrons. The zero-order valence-corrected chi connectivity index (χ0v) is 4.87. The van der Waals surface area contributed by atoms with Crippen molar-refractivity contribution in [2.24, 2.45) is 0 Å². The van der Waals surface area contributed by atoms with Gasteiger partial charge in [-0.3, -0.25) is 0 Å². The molecule has 0 aromatic carbocycles. The lowest BCUT2D eigenvalue weighted by Crippen LogP contribution is -2.11. The number of carbonyl (C=O) groups excluding carboxylic acids is 1. The molecular formula is C4H8NOS-. The molecule has 0 saturated carbocycles. The van der Waals surface area contributed by atoms with Crippen LogP contribution < -0.4 is 5.32 Å². The minimum atomic E-state index is 0.688. The summed E-state index contributed by atoms with van der Waals surface area (Å²) in [6.07, 6.45) is 2.48. The van der Waals surface area contributed by atoms with E-state index < -0.39 is 0 Å². The first-order chi connectivity index (χ1) is 3.41. The monoisotopic (exact) mass is 118 g/mol. The molecule has 42 valence electrons. The molecule has 0 saturated heterocycles. The average molecular weight is 118 g/mol.